The Balaban J connectivity index is 1.81. The molecule has 7 heteroatoms. The lowest BCUT2D eigenvalue weighted by Gasteiger charge is -2.33. The predicted octanol–water partition coefficient (Wildman–Crippen LogP) is 2.21. The summed E-state index contributed by atoms with van der Waals surface area (Å²) in [6, 6.07) is 8.95. The highest BCUT2D eigenvalue weighted by molar-refractivity contribution is 5.77. The van der Waals surface area contributed by atoms with Crippen molar-refractivity contribution in [3.8, 4) is 23.0 Å². The number of rotatable bonds is 4. The van der Waals surface area contributed by atoms with Gasteiger partial charge in [-0.15, -0.1) is 0 Å². The van der Waals surface area contributed by atoms with E-state index in [-0.39, 0.29) is 18.8 Å². The van der Waals surface area contributed by atoms with Gasteiger partial charge < -0.3 is 23.7 Å². The van der Waals surface area contributed by atoms with E-state index in [4.69, 9.17) is 23.7 Å². The van der Waals surface area contributed by atoms with Crippen LogP contribution in [-0.2, 0) is 16.0 Å². The summed E-state index contributed by atoms with van der Waals surface area (Å²) in [7, 11) is 4.59. The molecular formula is C20H21NO6. The number of esters is 1. The molecule has 0 saturated heterocycles. The fourth-order valence-electron chi connectivity index (χ4n) is 3.61. The topological polar surface area (TPSA) is 75.3 Å². The molecule has 7 nitrogen and oxygen atoms in total. The number of fused-ring (bicyclic) bond motifs is 2. The molecule has 0 bridgehead atoms. The summed E-state index contributed by atoms with van der Waals surface area (Å²) in [5.41, 5.74) is 2.98. The minimum Gasteiger partial charge on any atom is -0.493 e. The largest absolute Gasteiger partial charge is 0.493 e. The van der Waals surface area contributed by atoms with Crippen LogP contribution in [0.2, 0.25) is 0 Å². The molecule has 2 unspecified atom stereocenters. The third-order valence-corrected chi connectivity index (χ3v) is 4.96. The van der Waals surface area contributed by atoms with Crippen molar-refractivity contribution in [2.45, 2.75) is 18.5 Å². The van der Waals surface area contributed by atoms with Crippen LogP contribution in [0.25, 0.3) is 0 Å². The normalized spacial score (nSPS) is 20.0. The Morgan fingerprint density at radius 1 is 1.04 bits per heavy atom. The molecule has 0 aliphatic carbocycles. The zero-order chi connectivity index (χ0) is 19.0. The van der Waals surface area contributed by atoms with Crippen LogP contribution in [-0.4, -0.2) is 40.1 Å². The number of carbonyl (C=O) groups is 1. The molecule has 0 spiro atoms. The Labute approximate surface area is 157 Å². The van der Waals surface area contributed by atoms with Gasteiger partial charge in [0.05, 0.1) is 27.4 Å². The second kappa shape index (κ2) is 7.00. The average molecular weight is 371 g/mol. The maximum Gasteiger partial charge on any atom is 0.323 e. The Morgan fingerprint density at radius 3 is 2.52 bits per heavy atom. The van der Waals surface area contributed by atoms with E-state index in [2.05, 4.69) is 5.32 Å². The van der Waals surface area contributed by atoms with Gasteiger partial charge in [-0.2, -0.15) is 0 Å². The Hall–Kier alpha value is -2.93. The number of hydrogen-bond donors (Lipinski definition) is 1. The van der Waals surface area contributed by atoms with Crippen molar-refractivity contribution in [3.63, 3.8) is 0 Å². The third kappa shape index (κ3) is 3.04. The molecule has 0 aromatic heterocycles. The average Bonchev–Trinajstić information content (AvgIpc) is 3.18. The van der Waals surface area contributed by atoms with Crippen molar-refractivity contribution in [1.29, 1.82) is 0 Å². The van der Waals surface area contributed by atoms with Crippen molar-refractivity contribution in [2.24, 2.45) is 0 Å². The van der Waals surface area contributed by atoms with E-state index in [0.717, 1.165) is 16.7 Å². The number of methoxy groups -OCH3 is 3. The molecule has 0 fully saturated rings. The standard InChI is InChI=1S/C20H21NO6/c1-23-16-8-12-6-14(20(22)25-3)21-19(13(12)9-17(16)24-2)11-4-5-15-18(7-11)27-10-26-15/h4-5,7-9,14,19,21H,6,10H2,1-3H3. The summed E-state index contributed by atoms with van der Waals surface area (Å²) in [6.07, 6.45) is 0.503. The summed E-state index contributed by atoms with van der Waals surface area (Å²) in [5.74, 6) is 2.37. The molecule has 2 aliphatic rings. The van der Waals surface area contributed by atoms with E-state index < -0.39 is 6.04 Å². The molecule has 142 valence electrons. The molecule has 2 aliphatic heterocycles. The number of benzene rings is 2. The molecule has 27 heavy (non-hydrogen) atoms. The Morgan fingerprint density at radius 2 is 1.78 bits per heavy atom. The van der Waals surface area contributed by atoms with Crippen LogP contribution in [0, 0.1) is 0 Å². The molecule has 0 radical (unpaired) electrons. The van der Waals surface area contributed by atoms with Gasteiger partial charge in [-0.1, -0.05) is 6.07 Å². The minimum atomic E-state index is -0.462. The second-order valence-corrected chi connectivity index (χ2v) is 6.40. The molecule has 2 aromatic carbocycles. The van der Waals surface area contributed by atoms with Crippen LogP contribution in [0.4, 0.5) is 0 Å². The van der Waals surface area contributed by atoms with Gasteiger partial charge in [0, 0.05) is 0 Å². The summed E-state index contributed by atoms with van der Waals surface area (Å²) in [6.45, 7) is 0.212. The summed E-state index contributed by atoms with van der Waals surface area (Å²) in [5, 5.41) is 3.39. The first kappa shape index (κ1) is 17.5. The van der Waals surface area contributed by atoms with Crippen LogP contribution in [0.3, 0.4) is 0 Å². The monoisotopic (exact) mass is 371 g/mol. The van der Waals surface area contributed by atoms with Gasteiger partial charge in [0.25, 0.3) is 0 Å². The number of nitrogens with one attached hydrogen (secondary N) is 1. The second-order valence-electron chi connectivity index (χ2n) is 6.40. The fourth-order valence-corrected chi connectivity index (χ4v) is 3.61. The van der Waals surface area contributed by atoms with Crippen molar-refractivity contribution in [1.82, 2.24) is 5.32 Å². The summed E-state index contributed by atoms with van der Waals surface area (Å²) >= 11 is 0. The lowest BCUT2D eigenvalue weighted by atomic mass is 9.86. The van der Waals surface area contributed by atoms with Gasteiger partial charge >= 0.3 is 5.97 Å². The molecule has 0 saturated carbocycles. The number of ether oxygens (including phenoxy) is 5. The first-order valence-electron chi connectivity index (χ1n) is 8.62. The van der Waals surface area contributed by atoms with Crippen LogP contribution in [0.15, 0.2) is 30.3 Å². The summed E-state index contributed by atoms with van der Waals surface area (Å²) in [4.78, 5) is 12.2. The van der Waals surface area contributed by atoms with Gasteiger partial charge in [0.15, 0.2) is 23.0 Å². The fraction of sp³-hybridized carbons (Fsp3) is 0.350. The van der Waals surface area contributed by atoms with Crippen molar-refractivity contribution >= 4 is 5.97 Å². The highest BCUT2D eigenvalue weighted by Crippen LogP contribution is 2.41. The lowest BCUT2D eigenvalue weighted by Crippen LogP contribution is -2.45. The first-order chi connectivity index (χ1) is 13.1. The molecular weight excluding hydrogens is 350 g/mol. The van der Waals surface area contributed by atoms with E-state index >= 15 is 0 Å². The van der Waals surface area contributed by atoms with Crippen LogP contribution >= 0.6 is 0 Å². The molecule has 2 aromatic rings. The van der Waals surface area contributed by atoms with E-state index in [1.165, 1.54) is 7.11 Å². The summed E-state index contributed by atoms with van der Waals surface area (Å²) < 4.78 is 26.8. The molecule has 4 rings (SSSR count). The SMILES string of the molecule is COC(=O)C1Cc2cc(OC)c(OC)cc2C(c2ccc3c(c2)OCO3)N1. The zero-order valence-electron chi connectivity index (χ0n) is 15.4. The lowest BCUT2D eigenvalue weighted by molar-refractivity contribution is -0.143. The Bertz CT molecular complexity index is 881. The van der Waals surface area contributed by atoms with Gasteiger partial charge in [0.2, 0.25) is 6.79 Å². The van der Waals surface area contributed by atoms with Gasteiger partial charge in [-0.05, 0) is 47.4 Å². The third-order valence-electron chi connectivity index (χ3n) is 4.96. The Kier molecular flexibility index (Phi) is 4.53. The van der Waals surface area contributed by atoms with Crippen LogP contribution in [0.1, 0.15) is 22.7 Å². The first-order valence-corrected chi connectivity index (χ1v) is 8.62. The maximum absolute atomic E-state index is 12.2. The van der Waals surface area contributed by atoms with Gasteiger partial charge in [0.1, 0.15) is 6.04 Å². The van der Waals surface area contributed by atoms with Crippen molar-refractivity contribution < 1.29 is 28.5 Å². The molecule has 2 heterocycles. The molecule has 0 amide bonds. The molecule has 2 atom stereocenters. The van der Waals surface area contributed by atoms with E-state index in [1.54, 1.807) is 14.2 Å². The van der Waals surface area contributed by atoms with E-state index in [9.17, 15) is 4.79 Å². The highest BCUT2D eigenvalue weighted by Gasteiger charge is 2.34. The zero-order valence-corrected chi connectivity index (χ0v) is 15.4. The highest BCUT2D eigenvalue weighted by atomic mass is 16.7. The van der Waals surface area contributed by atoms with Crippen molar-refractivity contribution in [3.05, 3.63) is 47.0 Å². The van der Waals surface area contributed by atoms with E-state index in [0.29, 0.717) is 29.4 Å². The minimum absolute atomic E-state index is 0.212. The number of carbonyl (C=O) groups excluding carboxylic acids is 1. The number of hydrogen-bond acceptors (Lipinski definition) is 7. The van der Waals surface area contributed by atoms with Gasteiger partial charge in [-0.3, -0.25) is 10.1 Å². The smallest absolute Gasteiger partial charge is 0.323 e. The van der Waals surface area contributed by atoms with E-state index in [1.807, 2.05) is 30.3 Å². The maximum atomic E-state index is 12.2. The van der Waals surface area contributed by atoms with Crippen LogP contribution < -0.4 is 24.3 Å². The van der Waals surface area contributed by atoms with Crippen molar-refractivity contribution in [2.75, 3.05) is 28.1 Å². The quantitative estimate of drug-likeness (QED) is 0.826. The predicted molar refractivity (Wildman–Crippen MR) is 96.6 cm³/mol. The molecule has 1 N–H and O–H groups in total. The van der Waals surface area contributed by atoms with Gasteiger partial charge in [-0.25, -0.2) is 0 Å². The van der Waals surface area contributed by atoms with Crippen LogP contribution in [0.5, 0.6) is 23.0 Å².